The SMILES string of the molecule is Cc1nc(-c2ccccc2NC(C)c2sccc2Br)n[nH]1. The molecule has 0 radical (unpaired) electrons. The first-order valence-corrected chi connectivity index (χ1v) is 8.30. The summed E-state index contributed by atoms with van der Waals surface area (Å²) in [7, 11) is 0. The number of halogens is 1. The number of aromatic amines is 1. The van der Waals surface area contributed by atoms with Crippen LogP contribution in [0.3, 0.4) is 0 Å². The minimum Gasteiger partial charge on any atom is -0.377 e. The molecule has 2 heterocycles. The number of hydrogen-bond acceptors (Lipinski definition) is 4. The van der Waals surface area contributed by atoms with Gasteiger partial charge in [0, 0.05) is 20.6 Å². The fourth-order valence-electron chi connectivity index (χ4n) is 2.18. The van der Waals surface area contributed by atoms with Crippen LogP contribution in [0.1, 0.15) is 23.7 Å². The molecule has 0 bridgehead atoms. The summed E-state index contributed by atoms with van der Waals surface area (Å²) in [4.78, 5) is 5.69. The van der Waals surface area contributed by atoms with E-state index in [2.05, 4.69) is 60.9 Å². The van der Waals surface area contributed by atoms with Gasteiger partial charge < -0.3 is 5.32 Å². The number of anilines is 1. The molecule has 0 saturated carbocycles. The van der Waals surface area contributed by atoms with E-state index in [9.17, 15) is 0 Å². The summed E-state index contributed by atoms with van der Waals surface area (Å²) in [5.74, 6) is 1.53. The Morgan fingerprint density at radius 1 is 1.29 bits per heavy atom. The van der Waals surface area contributed by atoms with Crippen LogP contribution < -0.4 is 5.32 Å². The third kappa shape index (κ3) is 3.01. The van der Waals surface area contributed by atoms with E-state index in [0.29, 0.717) is 5.82 Å². The lowest BCUT2D eigenvalue weighted by Gasteiger charge is -2.16. The molecule has 0 fully saturated rings. The van der Waals surface area contributed by atoms with Crippen LogP contribution in [0.4, 0.5) is 5.69 Å². The molecule has 2 N–H and O–H groups in total. The molecular weight excluding hydrogens is 348 g/mol. The molecule has 108 valence electrons. The van der Waals surface area contributed by atoms with Crippen molar-refractivity contribution in [3.05, 3.63) is 50.9 Å². The first-order valence-electron chi connectivity index (χ1n) is 6.63. The molecule has 3 aromatic rings. The molecule has 4 nitrogen and oxygen atoms in total. The van der Waals surface area contributed by atoms with Gasteiger partial charge in [0.05, 0.1) is 6.04 Å². The van der Waals surface area contributed by atoms with Crippen molar-refractivity contribution in [2.75, 3.05) is 5.32 Å². The van der Waals surface area contributed by atoms with E-state index in [1.54, 1.807) is 11.3 Å². The number of aromatic nitrogens is 3. The van der Waals surface area contributed by atoms with E-state index in [4.69, 9.17) is 0 Å². The molecule has 0 saturated heterocycles. The van der Waals surface area contributed by atoms with E-state index in [0.717, 1.165) is 21.5 Å². The summed E-state index contributed by atoms with van der Waals surface area (Å²) in [6.45, 7) is 4.05. The Kier molecular flexibility index (Phi) is 4.07. The zero-order valence-electron chi connectivity index (χ0n) is 11.7. The summed E-state index contributed by atoms with van der Waals surface area (Å²) >= 11 is 5.32. The Hall–Kier alpha value is -1.66. The quantitative estimate of drug-likeness (QED) is 0.702. The van der Waals surface area contributed by atoms with Crippen LogP contribution in [-0.4, -0.2) is 15.2 Å². The van der Waals surface area contributed by atoms with Crippen LogP contribution in [0, 0.1) is 6.92 Å². The van der Waals surface area contributed by atoms with E-state index in [1.165, 1.54) is 4.88 Å². The lowest BCUT2D eigenvalue weighted by Crippen LogP contribution is -2.06. The molecule has 0 aliphatic rings. The van der Waals surface area contributed by atoms with Crippen molar-refractivity contribution in [3.63, 3.8) is 0 Å². The molecule has 2 aromatic heterocycles. The Morgan fingerprint density at radius 2 is 2.10 bits per heavy atom. The normalized spacial score (nSPS) is 12.3. The maximum atomic E-state index is 4.42. The average Bonchev–Trinajstić information content (AvgIpc) is 3.08. The fourth-order valence-corrected chi connectivity index (χ4v) is 3.91. The summed E-state index contributed by atoms with van der Waals surface area (Å²) in [5, 5.41) is 12.8. The predicted molar refractivity (Wildman–Crippen MR) is 90.6 cm³/mol. The van der Waals surface area contributed by atoms with Crippen molar-refractivity contribution in [2.24, 2.45) is 0 Å². The second kappa shape index (κ2) is 5.99. The second-order valence-electron chi connectivity index (χ2n) is 4.79. The molecular formula is C15H15BrN4S. The molecule has 1 aromatic carbocycles. The van der Waals surface area contributed by atoms with Crippen LogP contribution >= 0.6 is 27.3 Å². The molecule has 1 atom stereocenters. The first-order chi connectivity index (χ1) is 10.1. The molecule has 21 heavy (non-hydrogen) atoms. The topological polar surface area (TPSA) is 53.6 Å². The standard InChI is InChI=1S/C15H15BrN4S/c1-9(14-12(16)7-8-21-14)17-13-6-4-3-5-11(13)15-18-10(2)19-20-15/h3-9,17H,1-2H3,(H,18,19,20). The third-order valence-electron chi connectivity index (χ3n) is 3.18. The maximum absolute atomic E-state index is 4.42. The number of aryl methyl sites for hydroxylation is 1. The molecule has 1 unspecified atom stereocenters. The van der Waals surface area contributed by atoms with Crippen molar-refractivity contribution in [3.8, 4) is 11.4 Å². The number of rotatable bonds is 4. The molecule has 0 spiro atoms. The van der Waals surface area contributed by atoms with Crippen molar-refractivity contribution in [1.29, 1.82) is 0 Å². The zero-order chi connectivity index (χ0) is 14.8. The smallest absolute Gasteiger partial charge is 0.183 e. The average molecular weight is 363 g/mol. The van der Waals surface area contributed by atoms with Crippen LogP contribution in [0.15, 0.2) is 40.2 Å². The zero-order valence-corrected chi connectivity index (χ0v) is 14.1. The Bertz CT molecular complexity index is 749. The highest BCUT2D eigenvalue weighted by atomic mass is 79.9. The summed E-state index contributed by atoms with van der Waals surface area (Å²) in [6.07, 6.45) is 0. The van der Waals surface area contributed by atoms with Crippen LogP contribution in [0.25, 0.3) is 11.4 Å². The third-order valence-corrected chi connectivity index (χ3v) is 5.23. The van der Waals surface area contributed by atoms with E-state index in [1.807, 2.05) is 25.1 Å². The highest BCUT2D eigenvalue weighted by Crippen LogP contribution is 2.33. The van der Waals surface area contributed by atoms with Crippen LogP contribution in [-0.2, 0) is 0 Å². The number of benzene rings is 1. The number of nitrogens with one attached hydrogen (secondary N) is 2. The van der Waals surface area contributed by atoms with Gasteiger partial charge in [-0.2, -0.15) is 5.10 Å². The van der Waals surface area contributed by atoms with Crippen molar-refractivity contribution in [1.82, 2.24) is 15.2 Å². The van der Waals surface area contributed by atoms with Crippen LogP contribution in [0.2, 0.25) is 0 Å². The Balaban J connectivity index is 1.91. The lowest BCUT2D eigenvalue weighted by atomic mass is 10.1. The van der Waals surface area contributed by atoms with Gasteiger partial charge in [0.1, 0.15) is 5.82 Å². The van der Waals surface area contributed by atoms with Crippen molar-refractivity contribution >= 4 is 33.0 Å². The first kappa shape index (κ1) is 14.3. The molecule has 3 rings (SSSR count). The Labute approximate surface area is 135 Å². The van der Waals surface area contributed by atoms with Crippen molar-refractivity contribution in [2.45, 2.75) is 19.9 Å². The van der Waals surface area contributed by atoms with Crippen LogP contribution in [0.5, 0.6) is 0 Å². The minimum absolute atomic E-state index is 0.209. The highest BCUT2D eigenvalue weighted by Gasteiger charge is 2.14. The number of nitrogens with zero attached hydrogens (tertiary/aromatic N) is 2. The maximum Gasteiger partial charge on any atom is 0.183 e. The highest BCUT2D eigenvalue weighted by molar-refractivity contribution is 9.10. The van der Waals surface area contributed by atoms with Crippen molar-refractivity contribution < 1.29 is 0 Å². The van der Waals surface area contributed by atoms with Gasteiger partial charge in [0.2, 0.25) is 0 Å². The monoisotopic (exact) mass is 362 g/mol. The minimum atomic E-state index is 0.209. The van der Waals surface area contributed by atoms with E-state index >= 15 is 0 Å². The second-order valence-corrected chi connectivity index (χ2v) is 6.59. The Morgan fingerprint density at radius 3 is 2.76 bits per heavy atom. The van der Waals surface area contributed by atoms with Gasteiger partial charge in [-0.05, 0) is 53.4 Å². The van der Waals surface area contributed by atoms with Gasteiger partial charge in [0.15, 0.2) is 5.82 Å². The summed E-state index contributed by atoms with van der Waals surface area (Å²) in [6, 6.07) is 10.4. The molecule has 6 heteroatoms. The lowest BCUT2D eigenvalue weighted by molar-refractivity contribution is 0.903. The molecule has 0 aliphatic carbocycles. The predicted octanol–water partition coefficient (Wildman–Crippen LogP) is 4.78. The summed E-state index contributed by atoms with van der Waals surface area (Å²) < 4.78 is 1.14. The van der Waals surface area contributed by atoms with Gasteiger partial charge >= 0.3 is 0 Å². The van der Waals surface area contributed by atoms with Gasteiger partial charge in [-0.25, -0.2) is 4.98 Å². The largest absolute Gasteiger partial charge is 0.377 e. The van der Waals surface area contributed by atoms with E-state index in [-0.39, 0.29) is 6.04 Å². The number of H-pyrrole nitrogens is 1. The summed E-state index contributed by atoms with van der Waals surface area (Å²) in [5.41, 5.74) is 2.03. The van der Waals surface area contributed by atoms with Gasteiger partial charge in [-0.1, -0.05) is 12.1 Å². The fraction of sp³-hybridized carbons (Fsp3) is 0.200. The van der Waals surface area contributed by atoms with Gasteiger partial charge in [-0.3, -0.25) is 5.10 Å². The van der Waals surface area contributed by atoms with E-state index < -0.39 is 0 Å². The number of hydrogen-bond donors (Lipinski definition) is 2. The number of thiophene rings is 1. The van der Waals surface area contributed by atoms with Gasteiger partial charge in [-0.15, -0.1) is 11.3 Å². The molecule has 0 aliphatic heterocycles. The van der Waals surface area contributed by atoms with Gasteiger partial charge in [0.25, 0.3) is 0 Å². The number of para-hydroxylation sites is 1. The molecule has 0 amide bonds.